The van der Waals surface area contributed by atoms with E-state index in [1.54, 1.807) is 38.1 Å². The van der Waals surface area contributed by atoms with E-state index >= 15 is 0 Å². The number of esters is 1. The maximum Gasteiger partial charge on any atom is 0.338 e. The Balaban J connectivity index is 1.39. The second kappa shape index (κ2) is 8.41. The van der Waals surface area contributed by atoms with Crippen LogP contribution >= 0.6 is 0 Å². The molecule has 0 spiro atoms. The number of carbonyl (C=O) groups is 2. The van der Waals surface area contributed by atoms with Crippen LogP contribution in [0.2, 0.25) is 0 Å². The Kier molecular flexibility index (Phi) is 5.40. The monoisotopic (exact) mass is 588 g/mol. The van der Waals surface area contributed by atoms with Gasteiger partial charge < -0.3 is 33.9 Å². The van der Waals surface area contributed by atoms with E-state index in [0.717, 1.165) is 0 Å². The number of aliphatic hydroxyl groups excluding tert-OH is 1. The van der Waals surface area contributed by atoms with Crippen molar-refractivity contribution >= 4 is 11.8 Å². The first kappa shape index (κ1) is 27.6. The third kappa shape index (κ3) is 3.03. The van der Waals surface area contributed by atoms with E-state index in [-0.39, 0.29) is 6.42 Å². The highest BCUT2D eigenvalue weighted by atomic mass is 16.9. The molecule has 226 valence electrons. The largest absolute Gasteiger partial charge is 0.455 e. The van der Waals surface area contributed by atoms with Gasteiger partial charge in [0.1, 0.15) is 23.9 Å². The predicted molar refractivity (Wildman–Crippen MR) is 150 cm³/mol. The molecule has 8 rings (SSSR count). The van der Waals surface area contributed by atoms with Gasteiger partial charge >= 0.3 is 11.9 Å². The lowest BCUT2D eigenvalue weighted by Gasteiger charge is -2.61. The number of epoxide rings is 1. The summed E-state index contributed by atoms with van der Waals surface area (Å²) in [6.45, 7) is 11.6. The van der Waals surface area contributed by atoms with E-state index in [2.05, 4.69) is 6.58 Å². The number of ketones is 1. The van der Waals surface area contributed by atoms with Gasteiger partial charge in [0.2, 0.25) is 0 Å². The summed E-state index contributed by atoms with van der Waals surface area (Å²) >= 11 is 0. The van der Waals surface area contributed by atoms with Crippen LogP contribution in [0.4, 0.5) is 0 Å². The van der Waals surface area contributed by atoms with Crippen LogP contribution in [0, 0.1) is 23.7 Å². The fourth-order valence-corrected chi connectivity index (χ4v) is 9.46. The molecule has 1 unspecified atom stereocenters. The van der Waals surface area contributed by atoms with Crippen LogP contribution in [-0.4, -0.2) is 68.8 Å². The van der Waals surface area contributed by atoms with Gasteiger partial charge in [-0.3, -0.25) is 4.79 Å². The minimum Gasteiger partial charge on any atom is -0.455 e. The van der Waals surface area contributed by atoms with E-state index in [1.807, 2.05) is 50.2 Å². The molecule has 2 aromatic rings. The van der Waals surface area contributed by atoms with Crippen molar-refractivity contribution in [2.24, 2.45) is 23.7 Å². The molecule has 3 heterocycles. The highest BCUT2D eigenvalue weighted by Crippen LogP contribution is 2.74. The van der Waals surface area contributed by atoms with Crippen molar-refractivity contribution in [3.8, 4) is 0 Å². The van der Waals surface area contributed by atoms with Crippen molar-refractivity contribution in [2.45, 2.75) is 86.9 Å². The summed E-state index contributed by atoms with van der Waals surface area (Å²) < 4.78 is 33.7. The van der Waals surface area contributed by atoms with Crippen molar-refractivity contribution in [2.75, 3.05) is 0 Å². The normalized spacial score (nSPS) is 50.3. The minimum absolute atomic E-state index is 0.257. The summed E-state index contributed by atoms with van der Waals surface area (Å²) in [6, 6.07) is 17.9. The zero-order valence-corrected chi connectivity index (χ0v) is 24.6. The van der Waals surface area contributed by atoms with Gasteiger partial charge in [-0.05, 0) is 38.0 Å². The van der Waals surface area contributed by atoms with Crippen LogP contribution in [0.25, 0.3) is 0 Å². The zero-order chi connectivity index (χ0) is 30.3. The van der Waals surface area contributed by atoms with Gasteiger partial charge in [-0.1, -0.05) is 69.0 Å². The lowest BCUT2D eigenvalue weighted by molar-refractivity contribution is -0.443. The Bertz CT molecular complexity index is 1550. The Morgan fingerprint density at radius 1 is 1.00 bits per heavy atom. The molecule has 3 aliphatic carbocycles. The predicted octanol–water partition coefficient (Wildman–Crippen LogP) is 3.28. The Morgan fingerprint density at radius 3 is 2.30 bits per heavy atom. The SMILES string of the molecule is C=C(C)[C@@]12OC3(c4ccccc4)O[C@@H]1[C@@H]1[C@H]4O[C@@]4(C)[C@@H](O)[C@]4(O)C(=O)[C@@H](C)C[C@H]4[C@@]1(O3)[C@H](C)[C@@H]2OC(=O)c1ccccc1. The molecule has 3 saturated carbocycles. The van der Waals surface area contributed by atoms with E-state index in [1.165, 1.54) is 0 Å². The van der Waals surface area contributed by atoms with Gasteiger partial charge in [-0.2, -0.15) is 0 Å². The molecule has 0 amide bonds. The first-order valence-corrected chi connectivity index (χ1v) is 15.1. The quantitative estimate of drug-likeness (QED) is 0.315. The number of fused-ring (bicyclic) bond motifs is 3. The number of rotatable bonds is 4. The molecule has 43 heavy (non-hydrogen) atoms. The summed E-state index contributed by atoms with van der Waals surface area (Å²) in [7, 11) is 0. The fourth-order valence-electron chi connectivity index (χ4n) is 9.46. The van der Waals surface area contributed by atoms with Gasteiger partial charge in [-0.25, -0.2) is 4.79 Å². The first-order chi connectivity index (χ1) is 20.4. The molecule has 9 nitrogen and oxygen atoms in total. The third-order valence-corrected chi connectivity index (χ3v) is 11.5. The number of hydrogen-bond acceptors (Lipinski definition) is 9. The number of ether oxygens (including phenoxy) is 5. The van der Waals surface area contributed by atoms with Crippen molar-refractivity contribution in [3.05, 3.63) is 83.9 Å². The van der Waals surface area contributed by atoms with Crippen LogP contribution in [-0.2, 0) is 34.5 Å². The highest BCUT2D eigenvalue weighted by molar-refractivity contribution is 5.93. The average molecular weight is 589 g/mol. The topological polar surface area (TPSA) is 124 Å². The molecule has 2 N–H and O–H groups in total. The maximum absolute atomic E-state index is 13.8. The molecule has 3 saturated heterocycles. The maximum atomic E-state index is 13.8. The molecule has 2 aromatic carbocycles. The second-order valence-electron chi connectivity index (χ2n) is 13.6. The summed E-state index contributed by atoms with van der Waals surface area (Å²) in [5, 5.41) is 24.2. The molecule has 0 aromatic heterocycles. The lowest BCUT2D eigenvalue weighted by atomic mass is 9.52. The number of benzene rings is 2. The molecule has 0 radical (unpaired) electrons. The molecule has 6 aliphatic rings. The van der Waals surface area contributed by atoms with Crippen LogP contribution in [0.1, 0.15) is 50.0 Å². The van der Waals surface area contributed by atoms with Crippen molar-refractivity contribution in [1.29, 1.82) is 0 Å². The molecule has 6 fully saturated rings. The fraction of sp³-hybridized carbons (Fsp3) is 0.529. The number of hydrogen-bond donors (Lipinski definition) is 2. The Labute approximate surface area is 249 Å². The smallest absolute Gasteiger partial charge is 0.338 e. The zero-order valence-electron chi connectivity index (χ0n) is 24.6. The summed E-state index contributed by atoms with van der Waals surface area (Å²) in [5.74, 6) is -5.44. The Hall–Kier alpha value is -2.92. The van der Waals surface area contributed by atoms with Crippen molar-refractivity contribution in [3.63, 3.8) is 0 Å². The lowest BCUT2D eigenvalue weighted by Crippen LogP contribution is -2.76. The molecule has 13 atom stereocenters. The number of Topliss-reactive ketones (excluding diaryl/α,β-unsaturated/α-hetero) is 1. The van der Waals surface area contributed by atoms with E-state index < -0.39 is 88.2 Å². The third-order valence-electron chi connectivity index (χ3n) is 11.5. The molecule has 3 aliphatic heterocycles. The summed E-state index contributed by atoms with van der Waals surface area (Å²) in [5.41, 5.74) is -4.63. The van der Waals surface area contributed by atoms with Gasteiger partial charge in [0.15, 0.2) is 17.0 Å². The molecule has 9 heteroatoms. The van der Waals surface area contributed by atoms with Crippen LogP contribution in [0.5, 0.6) is 0 Å². The first-order valence-electron chi connectivity index (χ1n) is 15.1. The van der Waals surface area contributed by atoms with Crippen LogP contribution < -0.4 is 0 Å². The summed E-state index contributed by atoms with van der Waals surface area (Å²) in [6.07, 6.45) is -3.67. The molecular formula is C34H36O9. The standard InChI is InChI=1S/C34H36O9/c1-17(2)32-25(39-28(36)20-12-8-6-9-13-20)19(4)33-22-16-18(3)24(35)31(22,38)29(37)30(5)26(40-30)23(33)27(32)41-34(42-32,43-33)21-14-10-7-11-15-21/h6-15,18-19,22-23,25-27,29,37-38H,1,16H2,2-5H3/t18-,19+,22+,23-,25-,26+,27+,29+,30+,31+,32-,33-,34?/m0/s1. The highest BCUT2D eigenvalue weighted by Gasteiger charge is 2.90. The van der Waals surface area contributed by atoms with Crippen LogP contribution in [0.3, 0.4) is 0 Å². The second-order valence-corrected chi connectivity index (χ2v) is 13.6. The molecule has 3 bridgehead atoms. The van der Waals surface area contributed by atoms with Gasteiger partial charge in [0.25, 0.3) is 0 Å². The van der Waals surface area contributed by atoms with Crippen LogP contribution in [0.15, 0.2) is 72.8 Å². The van der Waals surface area contributed by atoms with E-state index in [4.69, 9.17) is 23.7 Å². The number of aliphatic hydroxyl groups is 2. The minimum atomic E-state index is -2.17. The van der Waals surface area contributed by atoms with Gasteiger partial charge in [0, 0.05) is 29.2 Å². The molecular weight excluding hydrogens is 552 g/mol. The van der Waals surface area contributed by atoms with Crippen molar-refractivity contribution in [1.82, 2.24) is 0 Å². The van der Waals surface area contributed by atoms with Crippen molar-refractivity contribution < 1.29 is 43.5 Å². The summed E-state index contributed by atoms with van der Waals surface area (Å²) in [4.78, 5) is 27.6. The van der Waals surface area contributed by atoms with Gasteiger partial charge in [-0.15, -0.1) is 0 Å². The van der Waals surface area contributed by atoms with E-state index in [0.29, 0.717) is 16.7 Å². The Morgan fingerprint density at radius 2 is 1.65 bits per heavy atom. The average Bonchev–Trinajstić information content (AvgIpc) is 3.55. The van der Waals surface area contributed by atoms with E-state index in [9.17, 15) is 19.8 Å². The number of carbonyl (C=O) groups excluding carboxylic acids is 2. The van der Waals surface area contributed by atoms with Gasteiger partial charge in [0.05, 0.1) is 17.3 Å².